The van der Waals surface area contributed by atoms with Crippen molar-refractivity contribution in [1.29, 1.82) is 0 Å². The zero-order chi connectivity index (χ0) is 79.8. The summed E-state index contributed by atoms with van der Waals surface area (Å²) in [5, 5.41) is 30.4. The molecule has 2 saturated heterocycles. The number of halogens is 6. The van der Waals surface area contributed by atoms with Crippen LogP contribution in [-0.2, 0) is 47.2 Å². The largest absolute Gasteiger partial charge is 0.497 e. The Morgan fingerprint density at radius 2 is 1.00 bits per heavy atom. The second kappa shape index (κ2) is 40.9. The third kappa shape index (κ3) is 28.2. The van der Waals surface area contributed by atoms with Crippen molar-refractivity contribution < 1.29 is 118 Å². The summed E-state index contributed by atoms with van der Waals surface area (Å²) >= 11 is 0. The van der Waals surface area contributed by atoms with Crippen molar-refractivity contribution in [2.45, 2.75) is 205 Å². The predicted molar refractivity (Wildman–Crippen MR) is 403 cm³/mol. The van der Waals surface area contributed by atoms with Gasteiger partial charge < -0.3 is 71.5 Å². The first-order valence-electron chi connectivity index (χ1n) is 35.0. The summed E-state index contributed by atoms with van der Waals surface area (Å²) in [4.78, 5) is 30.0. The number of aliphatic hydroxyl groups excluding tert-OH is 2. The Balaban J connectivity index is 0.000000455. The number of allylic oxidation sites excluding steroid dienone is 1. The molecular formula is C78H112F6O19Si3. The Morgan fingerprint density at radius 1 is 0.594 bits per heavy atom. The lowest BCUT2D eigenvalue weighted by Crippen LogP contribution is -2.68. The summed E-state index contributed by atoms with van der Waals surface area (Å²) in [6.07, 6.45) is -7.90. The van der Waals surface area contributed by atoms with Gasteiger partial charge in [-0.05, 0) is 104 Å². The molecule has 0 saturated carbocycles. The van der Waals surface area contributed by atoms with E-state index in [4.69, 9.17) is 66.5 Å². The zero-order valence-electron chi connectivity index (χ0n) is 65.1. The lowest BCUT2D eigenvalue weighted by atomic mass is 9.93. The predicted octanol–water partition coefficient (Wildman–Crippen LogP) is 15.6. The number of methoxy groups -OCH3 is 4. The van der Waals surface area contributed by atoms with Crippen LogP contribution in [0.3, 0.4) is 0 Å². The van der Waals surface area contributed by atoms with Crippen LogP contribution in [0.5, 0.6) is 23.0 Å². The standard InChI is InChI=1S/C46H61F3O9Si2.C31H47F3O8Si.CH4O2/c1-32(58-60(44(2,3)4,35-20-14-12-15-21-35)36-22-16-13-17-23-36)37(46(47,48)49)25-26-38(50)42-39(56-45(5,6)57-42)24-18-19-33-29-34(53-8)30-40(55-31-52-7)41(33)43(51)54-27-28-59(9,10)11;1-20(2)23(31(32,33)34)13-14-24(35)28-25(41-30(3,4)42-28)12-10-11-21-17-22(38-6)18-26(40-19-37-5)27(21)29(36)39-15-16-43(7,8)9;1-3-2/h12-23,29-30,32,37-39,42,50H,24,27-28,31H2,1-11H3;10-11,13-14,17-18,20,23-25,28,35H,12,15-16,19H2,1-9H3;2H,1H3/b19-18+;11-10+,14-13-;. The van der Waals surface area contributed by atoms with Crippen molar-refractivity contribution in [2.24, 2.45) is 17.8 Å². The molecule has 2 heterocycles. The first-order chi connectivity index (χ1) is 49.3. The van der Waals surface area contributed by atoms with Crippen molar-refractivity contribution in [3.8, 4) is 34.8 Å². The van der Waals surface area contributed by atoms with Crippen LogP contribution >= 0.6 is 0 Å². The van der Waals surface area contributed by atoms with E-state index < -0.39 is 126 Å². The molecule has 3 N–H and O–H groups in total. The molecule has 9 atom stereocenters. The van der Waals surface area contributed by atoms with Crippen molar-refractivity contribution in [2.75, 3.05) is 62.3 Å². The van der Waals surface area contributed by atoms with E-state index >= 15 is 0 Å². The van der Waals surface area contributed by atoms with Crippen LogP contribution in [0.4, 0.5) is 26.3 Å². The van der Waals surface area contributed by atoms with E-state index in [0.717, 1.165) is 34.6 Å². The second-order valence-electron chi connectivity index (χ2n) is 30.3. The SMILES string of the molecule is COCOc1cc(OC)cc(/C=C/CC2OC(C)(C)OC2C(O)/C=C\C(C(C)C)C(F)(F)F)c1C(=O)OCC[Si](C)(C)C.COCOc1cc(OC)cc(/C=C/CC2OC(C)(C)OC2C(O)C#CC(C(C)O[Si](c2ccccc2)(c2ccccc2)C(C)(C)C)C(F)(F)F)c1C(=O)OCC[Si](C)(C)C.COO. The minimum atomic E-state index is -4.79. The molecule has 6 rings (SSSR count). The van der Waals surface area contributed by atoms with E-state index in [9.17, 15) is 46.1 Å². The fourth-order valence-corrected chi connectivity index (χ4v) is 17.9. The molecule has 2 aliphatic heterocycles. The van der Waals surface area contributed by atoms with Crippen LogP contribution in [-0.4, -0.2) is 181 Å². The summed E-state index contributed by atoms with van der Waals surface area (Å²) in [6, 6.07) is 26.9. The summed E-state index contributed by atoms with van der Waals surface area (Å²) in [7, 11) is 0.745. The maximum absolute atomic E-state index is 15.0. The number of rotatable bonds is 32. The number of hydrogen-bond donors (Lipinski definition) is 3. The molecule has 28 heteroatoms. The number of aliphatic hydroxyl groups is 2. The van der Waals surface area contributed by atoms with Gasteiger partial charge in [-0.1, -0.05) is 183 Å². The van der Waals surface area contributed by atoms with Gasteiger partial charge in [-0.15, -0.1) is 0 Å². The fraction of sp³-hybridized carbons (Fsp3) is 0.564. The highest BCUT2D eigenvalue weighted by atomic mass is 28.4. The summed E-state index contributed by atoms with van der Waals surface area (Å²) in [5.41, 5.74) is 1.25. The van der Waals surface area contributed by atoms with Crippen molar-refractivity contribution in [3.05, 3.63) is 131 Å². The Labute approximate surface area is 625 Å². The van der Waals surface area contributed by atoms with Crippen LogP contribution in [0, 0.1) is 29.6 Å². The molecule has 2 aliphatic rings. The molecule has 0 radical (unpaired) electrons. The van der Waals surface area contributed by atoms with Gasteiger partial charge in [0.05, 0.1) is 58.8 Å². The van der Waals surface area contributed by atoms with Crippen LogP contribution in [0.2, 0.25) is 56.4 Å². The molecule has 0 amide bonds. The molecule has 19 nitrogen and oxygen atoms in total. The highest BCUT2D eigenvalue weighted by Crippen LogP contribution is 2.42. The molecule has 4 aromatic rings. The molecule has 592 valence electrons. The molecule has 4 aromatic carbocycles. The quantitative estimate of drug-likeness (QED) is 0.00604. The maximum Gasteiger partial charge on any atom is 0.404 e. The maximum atomic E-state index is 15.0. The van der Waals surface area contributed by atoms with Gasteiger partial charge in [0.2, 0.25) is 0 Å². The lowest BCUT2D eigenvalue weighted by Gasteiger charge is -2.45. The molecular weight excluding hydrogens is 1440 g/mol. The molecule has 9 unspecified atom stereocenters. The van der Waals surface area contributed by atoms with Crippen molar-refractivity contribution in [1.82, 2.24) is 0 Å². The van der Waals surface area contributed by atoms with Gasteiger partial charge in [-0.3, -0.25) is 5.26 Å². The number of carbonyl (C=O) groups is 2. The van der Waals surface area contributed by atoms with E-state index in [-0.39, 0.29) is 62.3 Å². The topological polar surface area (TPSA) is 224 Å². The number of benzene rings is 4. The van der Waals surface area contributed by atoms with Crippen LogP contribution in [0.1, 0.15) is 114 Å². The molecule has 2 fully saturated rings. The van der Waals surface area contributed by atoms with Gasteiger partial charge in [0.15, 0.2) is 25.2 Å². The van der Waals surface area contributed by atoms with Gasteiger partial charge in [0.25, 0.3) is 8.32 Å². The van der Waals surface area contributed by atoms with Gasteiger partial charge in [0.1, 0.15) is 64.5 Å². The van der Waals surface area contributed by atoms with E-state index in [0.29, 0.717) is 22.6 Å². The average Bonchev–Trinajstić information content (AvgIpc) is 0.977. The summed E-state index contributed by atoms with van der Waals surface area (Å²) < 4.78 is 160. The first kappa shape index (κ1) is 92.0. The number of carbonyl (C=O) groups excluding carboxylic acids is 2. The minimum Gasteiger partial charge on any atom is -0.497 e. The van der Waals surface area contributed by atoms with Gasteiger partial charge >= 0.3 is 24.3 Å². The normalized spacial score (nSPS) is 19.1. The summed E-state index contributed by atoms with van der Waals surface area (Å²) in [5.74, 6) is -1.93. The number of ether oxygens (including phenoxy) is 12. The van der Waals surface area contributed by atoms with E-state index in [1.807, 2.05) is 81.4 Å². The van der Waals surface area contributed by atoms with Crippen molar-refractivity contribution in [3.63, 3.8) is 0 Å². The monoisotopic (exact) mass is 1550 g/mol. The fourth-order valence-electron chi connectivity index (χ4n) is 11.8. The minimum absolute atomic E-state index is 0.104. The van der Waals surface area contributed by atoms with Crippen LogP contribution in [0.25, 0.3) is 12.2 Å². The number of alkyl halides is 6. The van der Waals surface area contributed by atoms with E-state index in [2.05, 4.69) is 56.0 Å². The molecule has 106 heavy (non-hydrogen) atoms. The Kier molecular flexibility index (Phi) is 35.5. The highest BCUT2D eigenvalue weighted by molar-refractivity contribution is 6.99. The van der Waals surface area contributed by atoms with Gasteiger partial charge in [0, 0.05) is 42.5 Å². The molecule has 0 aliphatic carbocycles. The van der Waals surface area contributed by atoms with Gasteiger partial charge in [-0.25, -0.2) is 14.5 Å². The van der Waals surface area contributed by atoms with Gasteiger partial charge in [-0.2, -0.15) is 26.3 Å². The third-order valence-electron chi connectivity index (χ3n) is 16.9. The Bertz CT molecular complexity index is 3480. The molecule has 0 aromatic heterocycles. The van der Waals surface area contributed by atoms with E-state index in [1.54, 1.807) is 76.3 Å². The lowest BCUT2D eigenvalue weighted by molar-refractivity contribution is -0.214. The molecule has 0 bridgehead atoms. The number of hydrogen-bond acceptors (Lipinski definition) is 19. The third-order valence-corrected chi connectivity index (χ3v) is 25.5. The van der Waals surface area contributed by atoms with Crippen LogP contribution < -0.4 is 29.3 Å². The first-order valence-corrected chi connectivity index (χ1v) is 44.4. The zero-order valence-corrected chi connectivity index (χ0v) is 68.1. The summed E-state index contributed by atoms with van der Waals surface area (Å²) in [6.45, 7) is 30.3. The Morgan fingerprint density at radius 3 is 1.36 bits per heavy atom. The van der Waals surface area contributed by atoms with Crippen LogP contribution in [0.15, 0.2) is 109 Å². The Hall–Kier alpha value is -6.41. The molecule has 0 spiro atoms. The highest BCUT2D eigenvalue weighted by Gasteiger charge is 2.55. The average molecular weight is 1550 g/mol. The number of esters is 2. The van der Waals surface area contributed by atoms with E-state index in [1.165, 1.54) is 56.3 Å². The smallest absolute Gasteiger partial charge is 0.404 e. The second-order valence-corrected chi connectivity index (χ2v) is 45.8. The van der Waals surface area contributed by atoms with Crippen molar-refractivity contribution >= 4 is 58.9 Å².